The maximum atomic E-state index is 10.6. The number of hydrogen-bond donors (Lipinski definition) is 0. The van der Waals surface area contributed by atoms with Crippen LogP contribution in [0, 0.1) is 17.2 Å². The van der Waals surface area contributed by atoms with Gasteiger partial charge in [-0.1, -0.05) is 93.2 Å². The largest absolute Gasteiger partial charge is 0.300 e. The topological polar surface area (TPSA) is 27.0 Å². The number of likely N-dealkylation sites (N-methyl/N-ethyl adjacent to an activating group) is 1. The predicted molar refractivity (Wildman–Crippen MR) is 136 cm³/mol. The summed E-state index contributed by atoms with van der Waals surface area (Å²) in [6.07, 6.45) is 10.1. The molecule has 0 heterocycles. The molecule has 2 aromatic carbocycles. The fourth-order valence-corrected chi connectivity index (χ4v) is 6.04. The Hall–Kier alpha value is -1.82. The average molecular weight is 451 g/mol. The van der Waals surface area contributed by atoms with Crippen molar-refractivity contribution in [3.05, 3.63) is 70.7 Å². The molecule has 0 radical (unpaired) electrons. The highest BCUT2D eigenvalue weighted by atomic mass is 35.5. The zero-order valence-electron chi connectivity index (χ0n) is 19.9. The van der Waals surface area contributed by atoms with Crippen LogP contribution in [0.25, 0.3) is 0 Å². The predicted octanol–water partition coefficient (Wildman–Crippen LogP) is 7.81. The fraction of sp³-hybridized carbons (Fsp3) is 0.552. The van der Waals surface area contributed by atoms with Crippen LogP contribution < -0.4 is 0 Å². The van der Waals surface area contributed by atoms with Crippen molar-refractivity contribution in [3.63, 3.8) is 0 Å². The molecule has 0 saturated heterocycles. The first-order valence-corrected chi connectivity index (χ1v) is 13.0. The molecule has 2 nitrogen and oxygen atoms in total. The zero-order valence-corrected chi connectivity index (χ0v) is 20.7. The van der Waals surface area contributed by atoms with E-state index in [9.17, 15) is 5.26 Å². The van der Waals surface area contributed by atoms with E-state index in [0.717, 1.165) is 62.2 Å². The summed E-state index contributed by atoms with van der Waals surface area (Å²) in [5.41, 5.74) is 1.97. The van der Waals surface area contributed by atoms with Gasteiger partial charge >= 0.3 is 0 Å². The number of nitrogens with zero attached hydrogens (tertiary/aromatic N) is 2. The molecule has 0 amide bonds. The second kappa shape index (κ2) is 12.4. The zero-order chi connectivity index (χ0) is 22.8. The third-order valence-electron chi connectivity index (χ3n) is 7.65. The average Bonchev–Trinajstić information content (AvgIpc) is 2.85. The lowest BCUT2D eigenvalue weighted by atomic mass is 9.63. The van der Waals surface area contributed by atoms with Gasteiger partial charge in [-0.2, -0.15) is 5.26 Å². The lowest BCUT2D eigenvalue weighted by molar-refractivity contribution is 0.165. The molecule has 3 rings (SSSR count). The Bertz CT molecular complexity index is 853. The molecular formula is C29H39ClN2. The van der Waals surface area contributed by atoms with Gasteiger partial charge in [-0.05, 0) is 68.2 Å². The summed E-state index contributed by atoms with van der Waals surface area (Å²) in [5.74, 6) is 0.401. The maximum absolute atomic E-state index is 10.6. The molecule has 172 valence electrons. The Balaban J connectivity index is 1.78. The molecule has 1 fully saturated rings. The van der Waals surface area contributed by atoms with Crippen LogP contribution in [-0.2, 0) is 11.8 Å². The molecule has 0 bridgehead atoms. The van der Waals surface area contributed by atoms with Gasteiger partial charge in [0.15, 0.2) is 0 Å². The highest BCUT2D eigenvalue weighted by Gasteiger charge is 2.42. The first-order valence-electron chi connectivity index (χ1n) is 12.6. The number of hydrogen-bond acceptors (Lipinski definition) is 2. The molecule has 1 aliphatic rings. The summed E-state index contributed by atoms with van der Waals surface area (Å²) < 4.78 is 0. The molecule has 0 N–H and O–H groups in total. The van der Waals surface area contributed by atoms with E-state index in [0.29, 0.717) is 12.0 Å². The first-order chi connectivity index (χ1) is 15.6. The molecule has 2 unspecified atom stereocenters. The van der Waals surface area contributed by atoms with Crippen molar-refractivity contribution in [3.8, 4) is 6.07 Å². The fourth-order valence-electron chi connectivity index (χ4n) is 5.74. The van der Waals surface area contributed by atoms with Gasteiger partial charge in [0.2, 0.25) is 0 Å². The normalized spacial score (nSPS) is 17.6. The van der Waals surface area contributed by atoms with Crippen LogP contribution in [0.3, 0.4) is 0 Å². The lowest BCUT2D eigenvalue weighted by Gasteiger charge is -2.40. The Kier molecular flexibility index (Phi) is 9.64. The van der Waals surface area contributed by atoms with Crippen molar-refractivity contribution in [1.82, 2.24) is 4.90 Å². The summed E-state index contributed by atoms with van der Waals surface area (Å²) in [5, 5.41) is 11.4. The van der Waals surface area contributed by atoms with Gasteiger partial charge in [0, 0.05) is 17.6 Å². The molecule has 2 aromatic rings. The second-order valence-corrected chi connectivity index (χ2v) is 9.77. The van der Waals surface area contributed by atoms with Gasteiger partial charge < -0.3 is 4.90 Å². The van der Waals surface area contributed by atoms with Gasteiger partial charge in [0.05, 0.1) is 11.5 Å². The van der Waals surface area contributed by atoms with Crippen LogP contribution in [-0.4, -0.2) is 24.0 Å². The van der Waals surface area contributed by atoms with E-state index in [-0.39, 0.29) is 0 Å². The first kappa shape index (κ1) is 24.8. The minimum Gasteiger partial charge on any atom is -0.300 e. The van der Waals surface area contributed by atoms with Gasteiger partial charge in [-0.25, -0.2) is 0 Å². The molecule has 1 saturated carbocycles. The molecule has 0 aromatic heterocycles. The summed E-state index contributed by atoms with van der Waals surface area (Å²) in [7, 11) is 0. The molecular weight excluding hydrogens is 412 g/mol. The highest BCUT2D eigenvalue weighted by Crippen LogP contribution is 2.46. The van der Waals surface area contributed by atoms with E-state index in [1.807, 2.05) is 18.2 Å². The standard InChI is InChI=1S/C29H39ClN2/c1-3-26(32(4-2)22-20-24-13-7-5-8-14-24)19-21-29(23-31,25-15-9-6-10-16-25)27-17-11-12-18-28(27)30/h5,7-8,11-14,17-18,25-26H,3-4,6,9-10,15-16,19-22H2,1-2H3. The summed E-state index contributed by atoms with van der Waals surface area (Å²) in [6, 6.07) is 22.2. The van der Waals surface area contributed by atoms with Crippen molar-refractivity contribution in [2.45, 2.75) is 83.1 Å². The Morgan fingerprint density at radius 2 is 1.72 bits per heavy atom. The Labute approximate surface area is 200 Å². The minimum absolute atomic E-state index is 0.401. The monoisotopic (exact) mass is 450 g/mol. The van der Waals surface area contributed by atoms with Crippen LogP contribution in [0.2, 0.25) is 5.02 Å². The van der Waals surface area contributed by atoms with E-state index in [1.54, 1.807) is 0 Å². The summed E-state index contributed by atoms with van der Waals surface area (Å²) in [4.78, 5) is 2.61. The van der Waals surface area contributed by atoms with Gasteiger partial charge in [-0.3, -0.25) is 0 Å². The minimum atomic E-state index is -0.481. The SMILES string of the molecule is CCC(CCC(C#N)(c1ccccc1Cl)C1CCCCC1)N(CC)CCc1ccccc1. The maximum Gasteiger partial charge on any atom is 0.0865 e. The van der Waals surface area contributed by atoms with E-state index >= 15 is 0 Å². The third-order valence-corrected chi connectivity index (χ3v) is 7.98. The van der Waals surface area contributed by atoms with Crippen LogP contribution >= 0.6 is 11.6 Å². The number of nitriles is 1. The van der Waals surface area contributed by atoms with Crippen LogP contribution in [0.4, 0.5) is 0 Å². The van der Waals surface area contributed by atoms with Crippen LogP contribution in [0.1, 0.15) is 76.3 Å². The van der Waals surface area contributed by atoms with Crippen molar-refractivity contribution in [1.29, 1.82) is 5.26 Å². The van der Waals surface area contributed by atoms with Crippen molar-refractivity contribution in [2.75, 3.05) is 13.1 Å². The molecule has 32 heavy (non-hydrogen) atoms. The molecule has 0 aliphatic heterocycles. The molecule has 2 atom stereocenters. The van der Waals surface area contributed by atoms with Gasteiger partial charge in [-0.15, -0.1) is 0 Å². The van der Waals surface area contributed by atoms with E-state index < -0.39 is 5.41 Å². The Morgan fingerprint density at radius 1 is 1.03 bits per heavy atom. The van der Waals surface area contributed by atoms with Crippen molar-refractivity contribution in [2.24, 2.45) is 5.92 Å². The Morgan fingerprint density at radius 3 is 2.34 bits per heavy atom. The highest BCUT2D eigenvalue weighted by molar-refractivity contribution is 6.31. The van der Waals surface area contributed by atoms with Crippen LogP contribution in [0.5, 0.6) is 0 Å². The third kappa shape index (κ3) is 5.94. The van der Waals surface area contributed by atoms with Gasteiger partial charge in [0.25, 0.3) is 0 Å². The van der Waals surface area contributed by atoms with Crippen LogP contribution in [0.15, 0.2) is 54.6 Å². The summed E-state index contributed by atoms with van der Waals surface area (Å²) >= 11 is 6.70. The van der Waals surface area contributed by atoms with Crippen molar-refractivity contribution < 1.29 is 0 Å². The van der Waals surface area contributed by atoms with E-state index in [4.69, 9.17) is 11.6 Å². The van der Waals surface area contributed by atoms with E-state index in [2.05, 4.69) is 61.2 Å². The molecule has 3 heteroatoms. The second-order valence-electron chi connectivity index (χ2n) is 9.36. The van der Waals surface area contributed by atoms with E-state index in [1.165, 1.54) is 24.8 Å². The number of rotatable bonds is 11. The number of halogens is 1. The van der Waals surface area contributed by atoms with Crippen molar-refractivity contribution >= 4 is 11.6 Å². The molecule has 1 aliphatic carbocycles. The number of benzene rings is 2. The summed E-state index contributed by atoms with van der Waals surface area (Å²) in [6.45, 7) is 6.66. The lowest BCUT2D eigenvalue weighted by Crippen LogP contribution is -2.40. The quantitative estimate of drug-likeness (QED) is 0.349. The molecule has 0 spiro atoms. The smallest absolute Gasteiger partial charge is 0.0865 e. The van der Waals surface area contributed by atoms with Gasteiger partial charge in [0.1, 0.15) is 0 Å².